The van der Waals surface area contributed by atoms with Crippen molar-refractivity contribution in [1.29, 1.82) is 0 Å². The lowest BCUT2D eigenvalue weighted by Crippen LogP contribution is -2.61. The third kappa shape index (κ3) is 7.88. The van der Waals surface area contributed by atoms with Gasteiger partial charge in [0, 0.05) is 37.6 Å². The maximum absolute atomic E-state index is 14.3. The molecule has 0 unspecified atom stereocenters. The van der Waals surface area contributed by atoms with Crippen LogP contribution >= 0.6 is 0 Å². The Morgan fingerprint density at radius 1 is 1.10 bits per heavy atom. The Kier molecular flexibility index (Phi) is 9.62. The molecule has 4 rings (SSSR count). The predicted molar refractivity (Wildman–Crippen MR) is 129 cm³/mol. The molecule has 2 aromatic carbocycles. The van der Waals surface area contributed by atoms with E-state index in [4.69, 9.17) is 14.2 Å². The summed E-state index contributed by atoms with van der Waals surface area (Å²) in [6.07, 6.45) is -8.31. The molecule has 1 heterocycles. The topological polar surface area (TPSA) is 106 Å². The maximum Gasteiger partial charge on any atom is 0.573 e. The van der Waals surface area contributed by atoms with Crippen molar-refractivity contribution in [1.82, 2.24) is 5.32 Å². The van der Waals surface area contributed by atoms with Gasteiger partial charge in [-0.15, -0.1) is 13.2 Å². The number of rotatable bonds is 10. The number of ether oxygens (including phenoxy) is 4. The third-order valence-electron chi connectivity index (χ3n) is 6.89. The van der Waals surface area contributed by atoms with Gasteiger partial charge in [-0.3, -0.25) is 4.79 Å². The summed E-state index contributed by atoms with van der Waals surface area (Å²) in [6, 6.07) is 7.90. The minimum atomic E-state index is -4.89. The van der Waals surface area contributed by atoms with Crippen LogP contribution in [0.2, 0.25) is 0 Å². The number of carbonyl (C=O) groups excluding carboxylic acids is 1. The van der Waals surface area contributed by atoms with Gasteiger partial charge in [0.1, 0.15) is 23.5 Å². The summed E-state index contributed by atoms with van der Waals surface area (Å²) in [6.45, 7) is -0.0252. The lowest BCUT2D eigenvalue weighted by molar-refractivity contribution is -0.274. The van der Waals surface area contributed by atoms with Crippen LogP contribution in [0, 0.1) is 11.6 Å². The second-order valence-electron chi connectivity index (χ2n) is 9.87. The Labute approximate surface area is 227 Å². The minimum absolute atomic E-state index is 0.0349. The normalized spacial score (nSPS) is 27.0. The van der Waals surface area contributed by atoms with Gasteiger partial charge in [-0.1, -0.05) is 18.2 Å². The zero-order chi connectivity index (χ0) is 28.9. The van der Waals surface area contributed by atoms with Crippen LogP contribution in [0.4, 0.5) is 22.0 Å². The van der Waals surface area contributed by atoms with Crippen LogP contribution in [0.5, 0.6) is 5.75 Å². The highest BCUT2D eigenvalue weighted by molar-refractivity contribution is 5.85. The Balaban J connectivity index is 1.51. The van der Waals surface area contributed by atoms with Crippen molar-refractivity contribution >= 4 is 5.91 Å². The first kappa shape index (κ1) is 30.1. The van der Waals surface area contributed by atoms with E-state index in [9.17, 15) is 37.0 Å². The molecule has 13 heteroatoms. The van der Waals surface area contributed by atoms with Gasteiger partial charge < -0.3 is 34.5 Å². The summed E-state index contributed by atoms with van der Waals surface area (Å²) in [5.74, 6) is -2.80. The Hall–Kier alpha value is -2.84. The summed E-state index contributed by atoms with van der Waals surface area (Å²) in [5.41, 5.74) is -1.55. The number of benzene rings is 2. The van der Waals surface area contributed by atoms with Crippen molar-refractivity contribution < 1.29 is 55.9 Å². The molecule has 2 fully saturated rings. The zero-order valence-electron chi connectivity index (χ0n) is 21.3. The number of amides is 1. The second-order valence-corrected chi connectivity index (χ2v) is 9.87. The van der Waals surface area contributed by atoms with Gasteiger partial charge in [0.25, 0.3) is 5.91 Å². The third-order valence-corrected chi connectivity index (χ3v) is 6.89. The molecule has 1 amide bonds. The molecule has 0 spiro atoms. The number of aliphatic hydroxyl groups is 2. The predicted octanol–water partition coefficient (Wildman–Crippen LogP) is 3.52. The molecule has 1 aliphatic heterocycles. The van der Waals surface area contributed by atoms with Crippen LogP contribution < -0.4 is 10.1 Å². The first-order valence-electron chi connectivity index (χ1n) is 12.7. The SMILES string of the molecule is O=C(NC[C@@H]1CCCO1)[C@]1(OCc2ccc(F)cc2F)C[C@@H](O)[C@@H](O)[C@@H](OCc2cccc(OC(F)(F)F)c2)C1. The first-order valence-corrected chi connectivity index (χ1v) is 12.7. The molecule has 0 bridgehead atoms. The molecule has 220 valence electrons. The van der Waals surface area contributed by atoms with Gasteiger partial charge >= 0.3 is 6.36 Å². The minimum Gasteiger partial charge on any atom is -0.406 e. The quantitative estimate of drug-likeness (QED) is 0.373. The van der Waals surface area contributed by atoms with Gasteiger partial charge in [0.05, 0.1) is 31.5 Å². The average molecular weight is 576 g/mol. The smallest absolute Gasteiger partial charge is 0.406 e. The molecule has 40 heavy (non-hydrogen) atoms. The van der Waals surface area contributed by atoms with E-state index in [1.807, 2.05) is 0 Å². The Morgan fingerprint density at radius 2 is 1.90 bits per heavy atom. The largest absolute Gasteiger partial charge is 0.573 e. The lowest BCUT2D eigenvalue weighted by atomic mass is 9.78. The summed E-state index contributed by atoms with van der Waals surface area (Å²) >= 11 is 0. The fourth-order valence-corrected chi connectivity index (χ4v) is 4.82. The van der Waals surface area contributed by atoms with Crippen molar-refractivity contribution in [3.8, 4) is 5.75 Å². The molecule has 1 aliphatic carbocycles. The highest BCUT2D eigenvalue weighted by Gasteiger charge is 2.51. The fourth-order valence-electron chi connectivity index (χ4n) is 4.82. The summed E-state index contributed by atoms with van der Waals surface area (Å²) < 4.78 is 86.6. The van der Waals surface area contributed by atoms with Gasteiger partial charge in [-0.25, -0.2) is 8.78 Å². The van der Waals surface area contributed by atoms with Crippen LogP contribution in [-0.4, -0.2) is 65.7 Å². The molecule has 2 aromatic rings. The monoisotopic (exact) mass is 575 g/mol. The number of aliphatic hydroxyl groups excluding tert-OH is 2. The van der Waals surface area contributed by atoms with E-state index in [2.05, 4.69) is 10.1 Å². The molecular formula is C27H30F5NO7. The number of nitrogens with one attached hydrogen (secondary N) is 1. The molecule has 8 nitrogen and oxygen atoms in total. The number of hydrogen-bond acceptors (Lipinski definition) is 7. The Bertz CT molecular complexity index is 1160. The van der Waals surface area contributed by atoms with Crippen LogP contribution in [0.15, 0.2) is 42.5 Å². The first-order chi connectivity index (χ1) is 18.9. The molecule has 3 N–H and O–H groups in total. The fraction of sp³-hybridized carbons (Fsp3) is 0.519. The standard InChI is InChI=1S/C27H30F5NO7/c28-18-7-6-17(21(29)10-18)15-39-26(25(36)33-13-20-5-2-8-37-20)11-22(34)24(35)23(12-26)38-14-16-3-1-4-19(9-16)40-27(30,31)32/h1,3-4,6-7,9-10,20,22-24,34-35H,2,5,8,11-15H2,(H,33,36)/t20-,22+,23-,24+,26-/m0/s1. The van der Waals surface area contributed by atoms with Crippen molar-refractivity contribution in [3.05, 3.63) is 65.2 Å². The summed E-state index contributed by atoms with van der Waals surface area (Å²) in [7, 11) is 0. The van der Waals surface area contributed by atoms with Crippen molar-refractivity contribution in [3.63, 3.8) is 0 Å². The van der Waals surface area contributed by atoms with Gasteiger partial charge in [0.2, 0.25) is 0 Å². The van der Waals surface area contributed by atoms with Crippen LogP contribution in [-0.2, 0) is 32.2 Å². The number of carbonyl (C=O) groups is 1. The van der Waals surface area contributed by atoms with Crippen LogP contribution in [0.25, 0.3) is 0 Å². The molecule has 0 radical (unpaired) electrons. The maximum atomic E-state index is 14.3. The van der Waals surface area contributed by atoms with Crippen LogP contribution in [0.3, 0.4) is 0 Å². The van der Waals surface area contributed by atoms with E-state index in [0.29, 0.717) is 12.7 Å². The van der Waals surface area contributed by atoms with E-state index in [0.717, 1.165) is 31.0 Å². The van der Waals surface area contributed by atoms with E-state index in [-0.39, 0.29) is 43.2 Å². The zero-order valence-corrected chi connectivity index (χ0v) is 21.3. The van der Waals surface area contributed by atoms with E-state index in [1.54, 1.807) is 0 Å². The molecule has 2 aliphatic rings. The number of halogens is 5. The van der Waals surface area contributed by atoms with Crippen molar-refractivity contribution in [2.24, 2.45) is 0 Å². The van der Waals surface area contributed by atoms with E-state index < -0.39 is 60.2 Å². The lowest BCUT2D eigenvalue weighted by Gasteiger charge is -2.44. The molecule has 0 aromatic heterocycles. The number of hydrogen-bond donors (Lipinski definition) is 3. The Morgan fingerprint density at radius 3 is 2.60 bits per heavy atom. The van der Waals surface area contributed by atoms with Gasteiger partial charge in [-0.05, 0) is 36.6 Å². The number of alkyl halides is 3. The van der Waals surface area contributed by atoms with Crippen molar-refractivity contribution in [2.45, 2.75) is 75.3 Å². The molecular weight excluding hydrogens is 545 g/mol. The highest BCUT2D eigenvalue weighted by atomic mass is 19.4. The van der Waals surface area contributed by atoms with Gasteiger partial charge in [0.15, 0.2) is 5.60 Å². The van der Waals surface area contributed by atoms with Crippen LogP contribution in [0.1, 0.15) is 36.8 Å². The summed E-state index contributed by atoms with van der Waals surface area (Å²) in [5, 5.41) is 24.1. The van der Waals surface area contributed by atoms with Crippen molar-refractivity contribution in [2.75, 3.05) is 13.2 Å². The van der Waals surface area contributed by atoms with Gasteiger partial charge in [-0.2, -0.15) is 0 Å². The average Bonchev–Trinajstić information content (AvgIpc) is 3.41. The molecule has 1 saturated heterocycles. The second kappa shape index (κ2) is 12.8. The molecule has 5 atom stereocenters. The van der Waals surface area contributed by atoms with E-state index >= 15 is 0 Å². The highest BCUT2D eigenvalue weighted by Crippen LogP contribution is 2.36. The van der Waals surface area contributed by atoms with E-state index in [1.165, 1.54) is 18.2 Å². The summed E-state index contributed by atoms with van der Waals surface area (Å²) in [4.78, 5) is 13.5. The molecule has 1 saturated carbocycles.